The van der Waals surface area contributed by atoms with E-state index in [0.717, 1.165) is 33.9 Å². The Labute approximate surface area is 193 Å². The van der Waals surface area contributed by atoms with E-state index in [0.29, 0.717) is 23.4 Å². The number of esters is 1. The summed E-state index contributed by atoms with van der Waals surface area (Å²) in [6.07, 6.45) is -4.37. The number of carbonyl (C=O) groups is 1. The maximum atomic E-state index is 12.9. The fourth-order valence-corrected chi connectivity index (χ4v) is 4.39. The van der Waals surface area contributed by atoms with Crippen molar-refractivity contribution >= 4 is 28.8 Å². The van der Waals surface area contributed by atoms with Crippen molar-refractivity contribution in [3.8, 4) is 0 Å². The third-order valence-electron chi connectivity index (χ3n) is 5.06. The van der Waals surface area contributed by atoms with E-state index in [1.165, 1.54) is 23.9 Å². The van der Waals surface area contributed by atoms with Gasteiger partial charge in [-0.05, 0) is 48.4 Å². The van der Waals surface area contributed by atoms with E-state index < -0.39 is 17.7 Å². The fraction of sp³-hybridized carbons (Fsp3) is 0.200. The number of halogens is 3. The molecule has 0 saturated heterocycles. The first-order valence-electron chi connectivity index (χ1n) is 10.4. The van der Waals surface area contributed by atoms with Gasteiger partial charge in [0, 0.05) is 5.75 Å². The predicted molar refractivity (Wildman–Crippen MR) is 122 cm³/mol. The molecule has 0 unspecified atom stereocenters. The van der Waals surface area contributed by atoms with E-state index in [2.05, 4.69) is 0 Å². The van der Waals surface area contributed by atoms with Gasteiger partial charge in [0.25, 0.3) is 0 Å². The van der Waals surface area contributed by atoms with Gasteiger partial charge >= 0.3 is 12.1 Å². The van der Waals surface area contributed by atoms with Crippen molar-refractivity contribution < 1.29 is 22.7 Å². The third-order valence-corrected chi connectivity index (χ3v) is 6.10. The van der Waals surface area contributed by atoms with Gasteiger partial charge < -0.3 is 9.30 Å². The normalized spacial score (nSPS) is 11.6. The second kappa shape index (κ2) is 9.70. The van der Waals surface area contributed by atoms with Crippen molar-refractivity contribution in [2.24, 2.45) is 0 Å². The number of rotatable bonds is 7. The van der Waals surface area contributed by atoms with Gasteiger partial charge in [-0.1, -0.05) is 54.2 Å². The molecule has 0 spiro atoms. The van der Waals surface area contributed by atoms with Crippen molar-refractivity contribution in [2.45, 2.75) is 30.6 Å². The second-order valence-corrected chi connectivity index (χ2v) is 8.32. The summed E-state index contributed by atoms with van der Waals surface area (Å²) in [6, 6.07) is 20.2. The smallest absolute Gasteiger partial charge is 0.416 e. The standard InChI is InChI=1S/C25H21F3N2O2S/c1-2-32-23(31)19-10-13-22-21(14-19)29-24(33-16-18-6-4-3-5-7-18)30(22)15-17-8-11-20(12-9-17)25(26,27)28/h3-14H,2,15-16H2,1H3. The maximum absolute atomic E-state index is 12.9. The number of alkyl halides is 3. The molecule has 0 aliphatic carbocycles. The Morgan fingerprint density at radius 1 is 1.00 bits per heavy atom. The molecule has 3 aromatic carbocycles. The second-order valence-electron chi connectivity index (χ2n) is 7.37. The molecule has 1 heterocycles. The molecule has 0 radical (unpaired) electrons. The highest BCUT2D eigenvalue weighted by Crippen LogP contribution is 2.31. The summed E-state index contributed by atoms with van der Waals surface area (Å²) < 4.78 is 45.8. The molecule has 0 fully saturated rings. The number of imidazole rings is 1. The van der Waals surface area contributed by atoms with E-state index in [4.69, 9.17) is 9.72 Å². The Kier molecular flexibility index (Phi) is 6.74. The van der Waals surface area contributed by atoms with E-state index in [1.54, 1.807) is 25.1 Å². The maximum Gasteiger partial charge on any atom is 0.416 e. The van der Waals surface area contributed by atoms with E-state index in [-0.39, 0.29) is 6.61 Å². The van der Waals surface area contributed by atoms with Gasteiger partial charge in [0.2, 0.25) is 0 Å². The van der Waals surface area contributed by atoms with Gasteiger partial charge in [0.1, 0.15) is 0 Å². The molecule has 0 saturated carbocycles. The molecule has 0 aliphatic rings. The summed E-state index contributed by atoms with van der Waals surface area (Å²) in [7, 11) is 0. The molecular weight excluding hydrogens is 449 g/mol. The lowest BCUT2D eigenvalue weighted by molar-refractivity contribution is -0.137. The zero-order valence-electron chi connectivity index (χ0n) is 17.8. The molecular formula is C25H21F3N2O2S. The SMILES string of the molecule is CCOC(=O)c1ccc2c(c1)nc(SCc1ccccc1)n2Cc1ccc(C(F)(F)F)cc1. The highest BCUT2D eigenvalue weighted by atomic mass is 32.2. The van der Waals surface area contributed by atoms with E-state index >= 15 is 0 Å². The molecule has 1 aromatic heterocycles. The van der Waals surface area contributed by atoms with Crippen LogP contribution >= 0.6 is 11.8 Å². The van der Waals surface area contributed by atoms with Gasteiger partial charge in [0.15, 0.2) is 5.16 Å². The van der Waals surface area contributed by atoms with E-state index in [1.807, 2.05) is 34.9 Å². The molecule has 4 rings (SSSR count). The van der Waals surface area contributed by atoms with Crippen LogP contribution in [0.5, 0.6) is 0 Å². The molecule has 0 N–H and O–H groups in total. The van der Waals surface area contributed by atoms with Crippen LogP contribution in [0.3, 0.4) is 0 Å². The average Bonchev–Trinajstić information content (AvgIpc) is 3.15. The van der Waals surface area contributed by atoms with Crippen molar-refractivity contribution in [1.82, 2.24) is 9.55 Å². The predicted octanol–water partition coefficient (Wildman–Crippen LogP) is 6.57. The summed E-state index contributed by atoms with van der Waals surface area (Å²) in [4.78, 5) is 16.9. The van der Waals surface area contributed by atoms with Gasteiger partial charge in [-0.25, -0.2) is 9.78 Å². The molecule has 0 bridgehead atoms. The van der Waals surface area contributed by atoms with Gasteiger partial charge in [0.05, 0.1) is 35.3 Å². The summed E-state index contributed by atoms with van der Waals surface area (Å²) in [5, 5.41) is 0.717. The number of ether oxygens (including phenoxy) is 1. The Morgan fingerprint density at radius 2 is 1.73 bits per heavy atom. The number of aromatic nitrogens is 2. The minimum Gasteiger partial charge on any atom is -0.462 e. The Bertz CT molecular complexity index is 1250. The lowest BCUT2D eigenvalue weighted by atomic mass is 10.1. The van der Waals surface area contributed by atoms with Crippen LogP contribution in [0.1, 0.15) is 34.0 Å². The highest BCUT2D eigenvalue weighted by Gasteiger charge is 2.30. The number of nitrogens with zero attached hydrogens (tertiary/aromatic N) is 2. The van der Waals surface area contributed by atoms with Crippen LogP contribution in [0, 0.1) is 0 Å². The van der Waals surface area contributed by atoms with Gasteiger partial charge in [-0.15, -0.1) is 0 Å². The monoisotopic (exact) mass is 470 g/mol. The first-order chi connectivity index (χ1) is 15.8. The van der Waals surface area contributed by atoms with Crippen LogP contribution in [0.15, 0.2) is 78.0 Å². The number of hydrogen-bond acceptors (Lipinski definition) is 4. The minimum absolute atomic E-state index is 0.275. The van der Waals surface area contributed by atoms with Crippen LogP contribution in [0.2, 0.25) is 0 Å². The summed E-state index contributed by atoms with van der Waals surface area (Å²) >= 11 is 1.53. The molecule has 170 valence electrons. The Morgan fingerprint density at radius 3 is 2.39 bits per heavy atom. The lowest BCUT2D eigenvalue weighted by Crippen LogP contribution is -2.06. The number of fused-ring (bicyclic) bond motifs is 1. The first-order valence-corrected chi connectivity index (χ1v) is 11.3. The first kappa shape index (κ1) is 22.9. The van der Waals surface area contributed by atoms with Crippen LogP contribution in [0.25, 0.3) is 11.0 Å². The lowest BCUT2D eigenvalue weighted by Gasteiger charge is -2.11. The molecule has 4 aromatic rings. The zero-order valence-corrected chi connectivity index (χ0v) is 18.6. The average molecular weight is 471 g/mol. The van der Waals surface area contributed by atoms with Crippen LogP contribution < -0.4 is 0 Å². The summed E-state index contributed by atoms with van der Waals surface area (Å²) in [5.74, 6) is 0.261. The molecule has 33 heavy (non-hydrogen) atoms. The number of hydrogen-bond donors (Lipinski definition) is 0. The minimum atomic E-state index is -4.37. The van der Waals surface area contributed by atoms with E-state index in [9.17, 15) is 18.0 Å². The molecule has 0 aliphatic heterocycles. The topological polar surface area (TPSA) is 44.1 Å². The number of carbonyl (C=O) groups excluding carboxylic acids is 1. The number of benzene rings is 3. The fourth-order valence-electron chi connectivity index (χ4n) is 3.42. The van der Waals surface area contributed by atoms with Crippen LogP contribution in [-0.4, -0.2) is 22.1 Å². The highest BCUT2D eigenvalue weighted by molar-refractivity contribution is 7.98. The van der Waals surface area contributed by atoms with Gasteiger partial charge in [-0.2, -0.15) is 13.2 Å². The molecule has 0 atom stereocenters. The summed E-state index contributed by atoms with van der Waals surface area (Å²) in [6.45, 7) is 2.37. The van der Waals surface area contributed by atoms with Crippen molar-refractivity contribution in [3.05, 3.63) is 95.1 Å². The number of thioether (sulfide) groups is 1. The van der Waals surface area contributed by atoms with Crippen molar-refractivity contribution in [2.75, 3.05) is 6.61 Å². The third kappa shape index (κ3) is 5.39. The van der Waals surface area contributed by atoms with Gasteiger partial charge in [-0.3, -0.25) is 0 Å². The molecule has 8 heteroatoms. The quantitative estimate of drug-likeness (QED) is 0.226. The molecule has 0 amide bonds. The Balaban J connectivity index is 1.68. The summed E-state index contributed by atoms with van der Waals surface area (Å²) in [5.41, 5.74) is 2.99. The zero-order chi connectivity index (χ0) is 23.4. The van der Waals surface area contributed by atoms with Crippen LogP contribution in [0.4, 0.5) is 13.2 Å². The Hall–Kier alpha value is -3.26. The van der Waals surface area contributed by atoms with Crippen molar-refractivity contribution in [3.63, 3.8) is 0 Å². The van der Waals surface area contributed by atoms with Crippen LogP contribution in [-0.2, 0) is 23.2 Å². The van der Waals surface area contributed by atoms with Crippen molar-refractivity contribution in [1.29, 1.82) is 0 Å². The molecule has 4 nitrogen and oxygen atoms in total. The largest absolute Gasteiger partial charge is 0.462 e.